The van der Waals surface area contributed by atoms with Crippen molar-refractivity contribution >= 4 is 28.4 Å². The average Bonchev–Trinajstić information content (AvgIpc) is 3.41. The summed E-state index contributed by atoms with van der Waals surface area (Å²) in [4.78, 5) is 20.3. The van der Waals surface area contributed by atoms with Crippen LogP contribution in [0.15, 0.2) is 47.0 Å². The van der Waals surface area contributed by atoms with Gasteiger partial charge < -0.3 is 14.0 Å². The molecule has 8 nitrogen and oxygen atoms in total. The van der Waals surface area contributed by atoms with E-state index in [1.807, 2.05) is 25.1 Å². The van der Waals surface area contributed by atoms with E-state index in [-0.39, 0.29) is 5.91 Å². The van der Waals surface area contributed by atoms with Gasteiger partial charge in [-0.2, -0.15) is 4.98 Å². The van der Waals surface area contributed by atoms with Crippen LogP contribution in [-0.2, 0) is 17.7 Å². The Morgan fingerprint density at radius 2 is 1.91 bits per heavy atom. The maximum Gasteiger partial charge on any atom is 0.262 e. The molecule has 0 bridgehead atoms. The van der Waals surface area contributed by atoms with E-state index < -0.39 is 0 Å². The summed E-state index contributed by atoms with van der Waals surface area (Å²) in [5.41, 5.74) is 3.10. The number of hydrogen-bond acceptors (Lipinski definition) is 7. The molecular formula is C25H25ClN4O4. The lowest BCUT2D eigenvalue weighted by molar-refractivity contribution is 0.0327. The Hall–Kier alpha value is -3.20. The van der Waals surface area contributed by atoms with Gasteiger partial charge >= 0.3 is 0 Å². The van der Waals surface area contributed by atoms with Crippen LogP contribution >= 0.6 is 11.6 Å². The summed E-state index contributed by atoms with van der Waals surface area (Å²) in [6, 6.07) is 12.6. The first kappa shape index (κ1) is 22.6. The molecule has 4 aromatic rings. The van der Waals surface area contributed by atoms with Gasteiger partial charge in [-0.25, -0.2) is 0 Å². The number of rotatable bonds is 6. The summed E-state index contributed by atoms with van der Waals surface area (Å²) in [6.07, 6.45) is 0.409. The standard InChI is InChI=1S/C25H25ClN4O4/c1-16-20(14-24-27-23(28-34-24)15-29-9-11-33-12-10-29)21-13-19(32-2)7-8-22(21)30(16)25(31)17-3-5-18(26)6-4-17/h3-8,13H,9-12,14-15H2,1-2H3. The zero-order valence-electron chi connectivity index (χ0n) is 19.1. The SMILES string of the molecule is COc1ccc2c(c1)c(Cc1nc(CN3CCOCC3)no1)c(C)n2C(=O)c1ccc(Cl)cc1. The molecule has 2 aromatic carbocycles. The highest BCUT2D eigenvalue weighted by Gasteiger charge is 2.23. The van der Waals surface area contributed by atoms with Gasteiger partial charge in [0.05, 0.1) is 38.8 Å². The number of fused-ring (bicyclic) bond motifs is 1. The number of benzene rings is 2. The van der Waals surface area contributed by atoms with Crippen molar-refractivity contribution in [1.82, 2.24) is 19.6 Å². The number of morpholine rings is 1. The Balaban J connectivity index is 1.50. The van der Waals surface area contributed by atoms with Crippen LogP contribution < -0.4 is 4.74 Å². The van der Waals surface area contributed by atoms with Gasteiger partial charge in [-0.3, -0.25) is 14.3 Å². The quantitative estimate of drug-likeness (QED) is 0.410. The predicted molar refractivity (Wildman–Crippen MR) is 128 cm³/mol. The summed E-state index contributed by atoms with van der Waals surface area (Å²) in [7, 11) is 1.62. The molecule has 1 aliphatic rings. The molecule has 5 rings (SSSR count). The van der Waals surface area contributed by atoms with Gasteiger partial charge in [0, 0.05) is 34.8 Å². The average molecular weight is 481 g/mol. The number of carbonyl (C=O) groups is 1. The van der Waals surface area contributed by atoms with E-state index in [9.17, 15) is 4.79 Å². The number of aromatic nitrogens is 3. The number of carbonyl (C=O) groups excluding carboxylic acids is 1. The molecule has 0 radical (unpaired) electrons. The maximum absolute atomic E-state index is 13.5. The van der Waals surface area contributed by atoms with Gasteiger partial charge in [0.1, 0.15) is 5.75 Å². The van der Waals surface area contributed by atoms with Gasteiger partial charge in [-0.15, -0.1) is 0 Å². The van der Waals surface area contributed by atoms with E-state index in [4.69, 9.17) is 25.6 Å². The molecule has 3 heterocycles. The molecule has 0 spiro atoms. The Labute approximate surface area is 202 Å². The number of halogens is 1. The number of nitrogens with zero attached hydrogens (tertiary/aromatic N) is 4. The van der Waals surface area contributed by atoms with Crippen molar-refractivity contribution < 1.29 is 18.8 Å². The fraction of sp³-hybridized carbons (Fsp3) is 0.320. The van der Waals surface area contributed by atoms with Crippen LogP contribution in [0.2, 0.25) is 5.02 Å². The van der Waals surface area contributed by atoms with Gasteiger partial charge in [-0.05, 0) is 55.0 Å². The van der Waals surface area contributed by atoms with Crippen LogP contribution in [0.5, 0.6) is 5.75 Å². The summed E-state index contributed by atoms with van der Waals surface area (Å²) in [5.74, 6) is 1.73. The molecule has 0 aliphatic carbocycles. The van der Waals surface area contributed by atoms with E-state index in [2.05, 4.69) is 15.0 Å². The largest absolute Gasteiger partial charge is 0.497 e. The van der Waals surface area contributed by atoms with Crippen molar-refractivity contribution in [1.29, 1.82) is 0 Å². The molecule has 1 fully saturated rings. The molecule has 0 atom stereocenters. The minimum absolute atomic E-state index is 0.130. The number of hydrogen-bond donors (Lipinski definition) is 0. The van der Waals surface area contributed by atoms with Crippen molar-refractivity contribution in [3.05, 3.63) is 76.0 Å². The summed E-state index contributed by atoms with van der Waals surface area (Å²) < 4.78 is 18.1. The topological polar surface area (TPSA) is 82.6 Å². The molecule has 2 aromatic heterocycles. The zero-order valence-corrected chi connectivity index (χ0v) is 19.8. The summed E-state index contributed by atoms with van der Waals surface area (Å²) in [6.45, 7) is 5.68. The second-order valence-corrected chi connectivity index (χ2v) is 8.70. The molecule has 9 heteroatoms. The third-order valence-electron chi connectivity index (χ3n) is 6.14. The van der Waals surface area contributed by atoms with Crippen LogP contribution in [-0.4, -0.2) is 58.9 Å². The first-order valence-electron chi connectivity index (χ1n) is 11.1. The number of ether oxygens (including phenoxy) is 2. The van der Waals surface area contributed by atoms with Crippen molar-refractivity contribution in [2.75, 3.05) is 33.4 Å². The van der Waals surface area contributed by atoms with Gasteiger partial charge in [0.25, 0.3) is 5.91 Å². The lowest BCUT2D eigenvalue weighted by atomic mass is 10.1. The Kier molecular flexibility index (Phi) is 6.36. The highest BCUT2D eigenvalue weighted by Crippen LogP contribution is 2.32. The molecule has 0 unspecified atom stereocenters. The smallest absolute Gasteiger partial charge is 0.262 e. The van der Waals surface area contributed by atoms with Gasteiger partial charge in [-0.1, -0.05) is 16.8 Å². The molecule has 1 saturated heterocycles. The third-order valence-corrected chi connectivity index (χ3v) is 6.40. The second kappa shape index (κ2) is 9.58. The molecule has 1 aliphatic heterocycles. The Bertz CT molecular complexity index is 1320. The molecule has 0 saturated carbocycles. The fourth-order valence-electron chi connectivity index (χ4n) is 4.33. The molecular weight excluding hydrogens is 456 g/mol. The third kappa shape index (κ3) is 4.44. The van der Waals surface area contributed by atoms with Gasteiger partial charge in [0.15, 0.2) is 5.82 Å². The first-order valence-corrected chi connectivity index (χ1v) is 11.5. The molecule has 0 amide bonds. The van der Waals surface area contributed by atoms with Crippen LogP contribution in [0, 0.1) is 6.92 Å². The molecule has 0 N–H and O–H groups in total. The first-order chi connectivity index (χ1) is 16.5. The van der Waals surface area contributed by atoms with E-state index in [1.165, 1.54) is 0 Å². The van der Waals surface area contributed by atoms with Crippen LogP contribution in [0.3, 0.4) is 0 Å². The van der Waals surface area contributed by atoms with E-state index in [0.717, 1.165) is 35.2 Å². The van der Waals surface area contributed by atoms with Crippen LogP contribution in [0.25, 0.3) is 10.9 Å². The van der Waals surface area contributed by atoms with Crippen molar-refractivity contribution in [3.8, 4) is 5.75 Å². The summed E-state index contributed by atoms with van der Waals surface area (Å²) in [5, 5.41) is 5.66. The second-order valence-electron chi connectivity index (χ2n) is 8.26. The van der Waals surface area contributed by atoms with Crippen molar-refractivity contribution in [2.45, 2.75) is 19.9 Å². The highest BCUT2D eigenvalue weighted by molar-refractivity contribution is 6.30. The highest BCUT2D eigenvalue weighted by atomic mass is 35.5. The monoisotopic (exact) mass is 480 g/mol. The van der Waals surface area contributed by atoms with Gasteiger partial charge in [0.2, 0.25) is 5.89 Å². The lowest BCUT2D eigenvalue weighted by Gasteiger charge is -2.24. The normalized spacial score (nSPS) is 14.6. The zero-order chi connectivity index (χ0) is 23.7. The van der Waals surface area contributed by atoms with Crippen molar-refractivity contribution in [2.24, 2.45) is 0 Å². The molecule has 34 heavy (non-hydrogen) atoms. The maximum atomic E-state index is 13.5. The lowest BCUT2D eigenvalue weighted by Crippen LogP contribution is -2.35. The Morgan fingerprint density at radius 3 is 2.65 bits per heavy atom. The molecule has 176 valence electrons. The van der Waals surface area contributed by atoms with E-state index in [0.29, 0.717) is 54.2 Å². The minimum atomic E-state index is -0.130. The van der Waals surface area contributed by atoms with E-state index in [1.54, 1.807) is 35.9 Å². The fourth-order valence-corrected chi connectivity index (χ4v) is 4.46. The Morgan fingerprint density at radius 1 is 1.15 bits per heavy atom. The summed E-state index contributed by atoms with van der Waals surface area (Å²) >= 11 is 6.02. The number of methoxy groups -OCH3 is 1. The van der Waals surface area contributed by atoms with E-state index >= 15 is 0 Å². The minimum Gasteiger partial charge on any atom is -0.497 e. The van der Waals surface area contributed by atoms with Crippen LogP contribution in [0.4, 0.5) is 0 Å². The van der Waals surface area contributed by atoms with Crippen LogP contribution in [0.1, 0.15) is 33.3 Å². The van der Waals surface area contributed by atoms with Crippen molar-refractivity contribution in [3.63, 3.8) is 0 Å². The predicted octanol–water partition coefficient (Wildman–Crippen LogP) is 4.11.